The van der Waals surface area contributed by atoms with Crippen LogP contribution in [0.4, 0.5) is 0 Å². The molecule has 5 nitrogen and oxygen atoms in total. The van der Waals surface area contributed by atoms with Crippen molar-refractivity contribution in [2.24, 2.45) is 0 Å². The van der Waals surface area contributed by atoms with Crippen LogP contribution >= 0.6 is 0 Å². The van der Waals surface area contributed by atoms with E-state index in [0.29, 0.717) is 25.3 Å². The molecule has 1 amide bonds. The molecule has 0 aliphatic heterocycles. The van der Waals surface area contributed by atoms with Crippen LogP contribution < -0.4 is 10.1 Å². The molecule has 20 heavy (non-hydrogen) atoms. The summed E-state index contributed by atoms with van der Waals surface area (Å²) in [6.45, 7) is 4.78. The van der Waals surface area contributed by atoms with Crippen LogP contribution in [0.1, 0.15) is 23.9 Å². The summed E-state index contributed by atoms with van der Waals surface area (Å²) < 4.78 is 10.5. The second kappa shape index (κ2) is 6.75. The second-order valence-corrected chi connectivity index (χ2v) is 4.39. The first-order valence-electron chi connectivity index (χ1n) is 6.56. The SMILES string of the molecule is CCOc1ccc(CC(=O)NCc2ocnc2C)cc1. The van der Waals surface area contributed by atoms with E-state index in [4.69, 9.17) is 9.15 Å². The third-order valence-electron chi connectivity index (χ3n) is 2.89. The van der Waals surface area contributed by atoms with Crippen molar-refractivity contribution in [1.29, 1.82) is 0 Å². The maximum atomic E-state index is 11.8. The molecule has 0 unspecified atom stereocenters. The Balaban J connectivity index is 1.83. The molecular weight excluding hydrogens is 256 g/mol. The van der Waals surface area contributed by atoms with Crippen LogP contribution in [0.15, 0.2) is 35.1 Å². The number of oxazole rings is 1. The Kier molecular flexibility index (Phi) is 4.76. The summed E-state index contributed by atoms with van der Waals surface area (Å²) in [5, 5.41) is 2.81. The molecule has 2 aromatic rings. The van der Waals surface area contributed by atoms with Gasteiger partial charge in [-0.25, -0.2) is 4.98 Å². The van der Waals surface area contributed by atoms with Gasteiger partial charge in [0.25, 0.3) is 0 Å². The lowest BCUT2D eigenvalue weighted by Crippen LogP contribution is -2.24. The third kappa shape index (κ3) is 3.85. The topological polar surface area (TPSA) is 64.4 Å². The van der Waals surface area contributed by atoms with Crippen molar-refractivity contribution in [3.8, 4) is 5.75 Å². The second-order valence-electron chi connectivity index (χ2n) is 4.39. The van der Waals surface area contributed by atoms with Crippen LogP contribution in [0.2, 0.25) is 0 Å². The van der Waals surface area contributed by atoms with E-state index in [2.05, 4.69) is 10.3 Å². The third-order valence-corrected chi connectivity index (χ3v) is 2.89. The van der Waals surface area contributed by atoms with Gasteiger partial charge in [-0.05, 0) is 31.5 Å². The predicted octanol–water partition coefficient (Wildman–Crippen LogP) is 2.24. The van der Waals surface area contributed by atoms with Gasteiger partial charge in [0.05, 0.1) is 25.3 Å². The van der Waals surface area contributed by atoms with Gasteiger partial charge in [-0.3, -0.25) is 4.79 Å². The normalized spacial score (nSPS) is 10.3. The number of carbonyl (C=O) groups is 1. The average molecular weight is 274 g/mol. The number of aryl methyl sites for hydroxylation is 1. The smallest absolute Gasteiger partial charge is 0.224 e. The van der Waals surface area contributed by atoms with Crippen LogP contribution in [0.25, 0.3) is 0 Å². The van der Waals surface area contributed by atoms with Gasteiger partial charge in [-0.2, -0.15) is 0 Å². The quantitative estimate of drug-likeness (QED) is 0.877. The maximum Gasteiger partial charge on any atom is 0.224 e. The van der Waals surface area contributed by atoms with Gasteiger partial charge in [-0.1, -0.05) is 12.1 Å². The molecule has 0 aliphatic rings. The molecule has 1 heterocycles. The summed E-state index contributed by atoms with van der Waals surface area (Å²) in [6, 6.07) is 7.52. The van der Waals surface area contributed by atoms with Gasteiger partial charge < -0.3 is 14.5 Å². The van der Waals surface area contributed by atoms with Crippen molar-refractivity contribution in [1.82, 2.24) is 10.3 Å². The lowest BCUT2D eigenvalue weighted by molar-refractivity contribution is -0.120. The first kappa shape index (κ1) is 14.1. The number of rotatable bonds is 6. The molecule has 0 aliphatic carbocycles. The van der Waals surface area contributed by atoms with Gasteiger partial charge in [0, 0.05) is 0 Å². The van der Waals surface area contributed by atoms with Gasteiger partial charge in [0.2, 0.25) is 5.91 Å². The summed E-state index contributed by atoms with van der Waals surface area (Å²) in [7, 11) is 0. The highest BCUT2D eigenvalue weighted by Gasteiger charge is 2.07. The van der Waals surface area contributed by atoms with Gasteiger partial charge in [0.15, 0.2) is 6.39 Å². The van der Waals surface area contributed by atoms with E-state index in [-0.39, 0.29) is 5.91 Å². The monoisotopic (exact) mass is 274 g/mol. The number of hydrogen-bond donors (Lipinski definition) is 1. The minimum atomic E-state index is -0.0510. The molecule has 1 aromatic heterocycles. The highest BCUT2D eigenvalue weighted by molar-refractivity contribution is 5.78. The maximum absolute atomic E-state index is 11.8. The number of carbonyl (C=O) groups excluding carboxylic acids is 1. The lowest BCUT2D eigenvalue weighted by atomic mass is 10.1. The Morgan fingerprint density at radius 3 is 2.70 bits per heavy atom. The Morgan fingerprint density at radius 1 is 1.35 bits per heavy atom. The van der Waals surface area contributed by atoms with Crippen molar-refractivity contribution < 1.29 is 13.9 Å². The van der Waals surface area contributed by atoms with Crippen molar-refractivity contribution in [2.75, 3.05) is 6.61 Å². The summed E-state index contributed by atoms with van der Waals surface area (Å²) in [4.78, 5) is 15.8. The van der Waals surface area contributed by atoms with E-state index in [9.17, 15) is 4.79 Å². The van der Waals surface area contributed by atoms with Gasteiger partial charge in [-0.15, -0.1) is 0 Å². The number of nitrogens with one attached hydrogen (secondary N) is 1. The summed E-state index contributed by atoms with van der Waals surface area (Å²) in [5.74, 6) is 1.45. The molecule has 1 aromatic carbocycles. The Bertz CT molecular complexity index is 561. The summed E-state index contributed by atoms with van der Waals surface area (Å²) in [6.07, 6.45) is 1.71. The Morgan fingerprint density at radius 2 is 2.10 bits per heavy atom. The number of aromatic nitrogens is 1. The molecule has 0 bridgehead atoms. The minimum Gasteiger partial charge on any atom is -0.494 e. The molecule has 0 fully saturated rings. The summed E-state index contributed by atoms with van der Waals surface area (Å²) >= 11 is 0. The highest BCUT2D eigenvalue weighted by atomic mass is 16.5. The first-order chi connectivity index (χ1) is 9.69. The highest BCUT2D eigenvalue weighted by Crippen LogP contribution is 2.12. The van der Waals surface area contributed by atoms with Crippen molar-refractivity contribution in [3.63, 3.8) is 0 Å². The Hall–Kier alpha value is -2.30. The van der Waals surface area contributed by atoms with E-state index in [0.717, 1.165) is 17.0 Å². The molecule has 0 atom stereocenters. The van der Waals surface area contributed by atoms with Crippen LogP contribution in [0, 0.1) is 6.92 Å². The first-order valence-corrected chi connectivity index (χ1v) is 6.56. The van der Waals surface area contributed by atoms with Gasteiger partial charge >= 0.3 is 0 Å². The molecule has 0 radical (unpaired) electrons. The zero-order valence-corrected chi connectivity index (χ0v) is 11.7. The zero-order valence-electron chi connectivity index (χ0n) is 11.7. The average Bonchev–Trinajstić information content (AvgIpc) is 2.84. The fourth-order valence-corrected chi connectivity index (χ4v) is 1.79. The number of amides is 1. The molecule has 0 spiro atoms. The lowest BCUT2D eigenvalue weighted by Gasteiger charge is -2.06. The van der Waals surface area contributed by atoms with E-state index in [1.165, 1.54) is 6.39 Å². The minimum absolute atomic E-state index is 0.0510. The predicted molar refractivity (Wildman–Crippen MR) is 74.4 cm³/mol. The fraction of sp³-hybridized carbons (Fsp3) is 0.333. The van der Waals surface area contributed by atoms with Gasteiger partial charge in [0.1, 0.15) is 11.5 Å². The van der Waals surface area contributed by atoms with Crippen LogP contribution in [-0.4, -0.2) is 17.5 Å². The Labute approximate surface area is 118 Å². The van der Waals surface area contributed by atoms with E-state index in [1.807, 2.05) is 38.1 Å². The van der Waals surface area contributed by atoms with Crippen molar-refractivity contribution in [3.05, 3.63) is 47.7 Å². The molecule has 2 rings (SSSR count). The number of nitrogens with zero attached hydrogens (tertiary/aromatic N) is 1. The number of ether oxygens (including phenoxy) is 1. The molecule has 1 N–H and O–H groups in total. The molecule has 0 saturated carbocycles. The zero-order chi connectivity index (χ0) is 14.4. The van der Waals surface area contributed by atoms with Crippen LogP contribution in [-0.2, 0) is 17.8 Å². The largest absolute Gasteiger partial charge is 0.494 e. The number of hydrogen-bond acceptors (Lipinski definition) is 4. The fourth-order valence-electron chi connectivity index (χ4n) is 1.79. The molecule has 106 valence electrons. The van der Waals surface area contributed by atoms with E-state index < -0.39 is 0 Å². The summed E-state index contributed by atoms with van der Waals surface area (Å²) in [5.41, 5.74) is 1.74. The molecule has 5 heteroatoms. The number of benzene rings is 1. The molecule has 0 saturated heterocycles. The molecular formula is C15H18N2O3. The standard InChI is InChI=1S/C15H18N2O3/c1-3-19-13-6-4-12(5-7-13)8-15(18)16-9-14-11(2)17-10-20-14/h4-7,10H,3,8-9H2,1-2H3,(H,16,18). The van der Waals surface area contributed by atoms with E-state index >= 15 is 0 Å². The van der Waals surface area contributed by atoms with Crippen LogP contribution in [0.5, 0.6) is 5.75 Å². The van der Waals surface area contributed by atoms with E-state index in [1.54, 1.807) is 0 Å². The van der Waals surface area contributed by atoms with Crippen molar-refractivity contribution >= 4 is 5.91 Å². The van der Waals surface area contributed by atoms with Crippen LogP contribution in [0.3, 0.4) is 0 Å². The van der Waals surface area contributed by atoms with Crippen molar-refractivity contribution in [2.45, 2.75) is 26.8 Å².